The number of aryl methyl sites for hydroxylation is 1. The van der Waals surface area contributed by atoms with E-state index in [0.717, 1.165) is 4.31 Å². The lowest BCUT2D eigenvalue weighted by molar-refractivity contribution is -0.141. The Labute approximate surface area is 119 Å². The van der Waals surface area contributed by atoms with E-state index in [1.807, 2.05) is 0 Å². The van der Waals surface area contributed by atoms with Crippen molar-refractivity contribution in [3.8, 4) is 0 Å². The molecule has 0 aliphatic carbocycles. The summed E-state index contributed by atoms with van der Waals surface area (Å²) in [6.45, 7) is 4.81. The molecular weight excluding hydrogens is 280 g/mol. The Hall–Kier alpha value is -1.60. The molecule has 1 aromatic rings. The third kappa shape index (κ3) is 3.49. The first kappa shape index (κ1) is 16.5. The molecule has 0 unspecified atom stereocenters. The zero-order valence-corrected chi connectivity index (χ0v) is 12.9. The van der Waals surface area contributed by atoms with Crippen molar-refractivity contribution in [3.63, 3.8) is 0 Å². The van der Waals surface area contributed by atoms with E-state index in [0.29, 0.717) is 11.3 Å². The van der Waals surface area contributed by atoms with Gasteiger partial charge in [-0.15, -0.1) is 0 Å². The summed E-state index contributed by atoms with van der Waals surface area (Å²) >= 11 is 0. The summed E-state index contributed by atoms with van der Waals surface area (Å²) in [7, 11) is -2.54. The van der Waals surface area contributed by atoms with E-state index in [1.165, 1.54) is 19.2 Å². The van der Waals surface area contributed by atoms with Gasteiger partial charge in [-0.25, -0.2) is 8.42 Å². The number of nitrogens with two attached hydrogens (primary N) is 1. The van der Waals surface area contributed by atoms with Gasteiger partial charge >= 0.3 is 5.97 Å². The molecule has 0 aromatic heterocycles. The van der Waals surface area contributed by atoms with Crippen LogP contribution < -0.4 is 5.73 Å². The van der Waals surface area contributed by atoms with Crippen LogP contribution in [0.1, 0.15) is 19.4 Å². The molecular formula is C13H20N2O4S. The number of esters is 1. The van der Waals surface area contributed by atoms with Crippen molar-refractivity contribution in [1.29, 1.82) is 0 Å². The molecule has 0 saturated carbocycles. The first-order chi connectivity index (χ1) is 9.20. The van der Waals surface area contributed by atoms with Crippen molar-refractivity contribution < 1.29 is 17.9 Å². The molecule has 0 radical (unpaired) electrons. The molecule has 20 heavy (non-hydrogen) atoms. The maximum Gasteiger partial charge on any atom is 0.321 e. The Bertz CT molecular complexity index is 596. The van der Waals surface area contributed by atoms with Gasteiger partial charge in [0.05, 0.1) is 12.0 Å². The minimum Gasteiger partial charge on any atom is -0.468 e. The molecule has 0 saturated heterocycles. The van der Waals surface area contributed by atoms with Crippen molar-refractivity contribution in [2.75, 3.05) is 19.4 Å². The van der Waals surface area contributed by atoms with E-state index in [4.69, 9.17) is 5.73 Å². The Morgan fingerprint density at radius 3 is 2.45 bits per heavy atom. The highest BCUT2D eigenvalue weighted by molar-refractivity contribution is 7.89. The van der Waals surface area contributed by atoms with Crippen LogP contribution in [0.3, 0.4) is 0 Å². The van der Waals surface area contributed by atoms with Crippen molar-refractivity contribution >= 4 is 21.7 Å². The van der Waals surface area contributed by atoms with Crippen molar-refractivity contribution in [1.82, 2.24) is 4.31 Å². The highest BCUT2D eigenvalue weighted by Crippen LogP contribution is 2.22. The van der Waals surface area contributed by atoms with E-state index < -0.39 is 16.0 Å². The molecule has 2 N–H and O–H groups in total. The average Bonchev–Trinajstić information content (AvgIpc) is 2.37. The number of nitrogens with zero attached hydrogens (tertiary/aromatic N) is 1. The summed E-state index contributed by atoms with van der Waals surface area (Å²) in [6, 6.07) is 4.11. The molecule has 0 fully saturated rings. The highest BCUT2D eigenvalue weighted by atomic mass is 32.2. The minimum absolute atomic E-state index is 0.113. The van der Waals surface area contributed by atoms with Crippen LogP contribution in [-0.2, 0) is 19.6 Å². The van der Waals surface area contributed by atoms with E-state index in [9.17, 15) is 13.2 Å². The fraction of sp³-hybridized carbons (Fsp3) is 0.462. The minimum atomic E-state index is -3.77. The number of sulfonamides is 1. The average molecular weight is 300 g/mol. The molecule has 1 rings (SSSR count). The fourth-order valence-electron chi connectivity index (χ4n) is 1.68. The van der Waals surface area contributed by atoms with E-state index in [1.54, 1.807) is 26.8 Å². The normalized spacial score (nSPS) is 11.9. The molecule has 112 valence electrons. The highest BCUT2D eigenvalue weighted by Gasteiger charge is 2.29. The number of hydrogen-bond acceptors (Lipinski definition) is 5. The number of ether oxygens (including phenoxy) is 1. The zero-order chi connectivity index (χ0) is 15.5. The third-order valence-corrected chi connectivity index (χ3v) is 4.95. The van der Waals surface area contributed by atoms with Crippen LogP contribution in [0, 0.1) is 6.92 Å². The maximum atomic E-state index is 12.6. The van der Waals surface area contributed by atoms with Gasteiger partial charge in [-0.2, -0.15) is 4.31 Å². The molecule has 7 heteroatoms. The molecule has 0 bridgehead atoms. The largest absolute Gasteiger partial charge is 0.468 e. The predicted molar refractivity (Wildman–Crippen MR) is 76.6 cm³/mol. The Morgan fingerprint density at radius 1 is 1.40 bits per heavy atom. The Kier molecular flexibility index (Phi) is 5.13. The summed E-state index contributed by atoms with van der Waals surface area (Å²) in [5.74, 6) is -0.602. The number of hydrogen-bond donors (Lipinski definition) is 1. The third-order valence-electron chi connectivity index (χ3n) is 2.94. The van der Waals surface area contributed by atoms with Gasteiger partial charge in [0.2, 0.25) is 10.0 Å². The topological polar surface area (TPSA) is 89.7 Å². The molecule has 0 aliphatic heterocycles. The lowest BCUT2D eigenvalue weighted by Crippen LogP contribution is -2.41. The van der Waals surface area contributed by atoms with Crippen LogP contribution in [0.15, 0.2) is 23.1 Å². The van der Waals surface area contributed by atoms with Gasteiger partial charge in [-0.05, 0) is 44.5 Å². The number of rotatable bonds is 5. The molecule has 0 heterocycles. The van der Waals surface area contributed by atoms with Crippen LogP contribution in [0.2, 0.25) is 0 Å². The van der Waals surface area contributed by atoms with E-state index in [-0.39, 0.29) is 17.5 Å². The molecule has 0 aliphatic rings. The summed E-state index contributed by atoms with van der Waals surface area (Å²) in [6.07, 6.45) is 0. The Balaban J connectivity index is 3.22. The van der Waals surface area contributed by atoms with Gasteiger partial charge in [0, 0.05) is 11.7 Å². The molecule has 0 spiro atoms. The molecule has 0 atom stereocenters. The van der Waals surface area contributed by atoms with Gasteiger partial charge in [-0.1, -0.05) is 0 Å². The summed E-state index contributed by atoms with van der Waals surface area (Å²) in [5, 5.41) is 0. The van der Waals surface area contributed by atoms with Gasteiger partial charge in [-0.3, -0.25) is 4.79 Å². The zero-order valence-electron chi connectivity index (χ0n) is 12.1. The van der Waals surface area contributed by atoms with Crippen molar-refractivity contribution in [3.05, 3.63) is 23.8 Å². The van der Waals surface area contributed by atoms with E-state index in [2.05, 4.69) is 4.74 Å². The van der Waals surface area contributed by atoms with Crippen LogP contribution in [-0.4, -0.2) is 38.4 Å². The Morgan fingerprint density at radius 2 is 2.00 bits per heavy atom. The van der Waals surface area contributed by atoms with Gasteiger partial charge in [0.1, 0.15) is 6.54 Å². The first-order valence-corrected chi connectivity index (χ1v) is 7.59. The second kappa shape index (κ2) is 6.23. The second-order valence-corrected chi connectivity index (χ2v) is 6.63. The van der Waals surface area contributed by atoms with Crippen LogP contribution in [0.4, 0.5) is 5.69 Å². The standard InChI is InChI=1S/C13H20N2O4S/c1-9(2)15(8-13(16)19-4)20(17,18)11-5-6-12(14)10(3)7-11/h5-7,9H,8,14H2,1-4H3. The first-order valence-electron chi connectivity index (χ1n) is 6.15. The van der Waals surface area contributed by atoms with Crippen molar-refractivity contribution in [2.24, 2.45) is 0 Å². The molecule has 1 aromatic carbocycles. The number of nitrogen functional groups attached to an aromatic ring is 1. The van der Waals surface area contributed by atoms with E-state index >= 15 is 0 Å². The number of carbonyl (C=O) groups excluding carboxylic acids is 1. The number of carbonyl (C=O) groups is 1. The number of methoxy groups -OCH3 is 1. The second-order valence-electron chi connectivity index (χ2n) is 4.74. The van der Waals surface area contributed by atoms with Gasteiger partial charge < -0.3 is 10.5 Å². The van der Waals surface area contributed by atoms with Crippen LogP contribution in [0.5, 0.6) is 0 Å². The summed E-state index contributed by atoms with van der Waals surface area (Å²) < 4.78 is 30.8. The van der Waals surface area contributed by atoms with Crippen molar-refractivity contribution in [2.45, 2.75) is 31.7 Å². The lowest BCUT2D eigenvalue weighted by atomic mass is 10.2. The van der Waals surface area contributed by atoms with Crippen LogP contribution in [0.25, 0.3) is 0 Å². The smallest absolute Gasteiger partial charge is 0.321 e. The fourth-order valence-corrected chi connectivity index (χ4v) is 3.35. The van der Waals surface area contributed by atoms with Crippen LogP contribution >= 0.6 is 0 Å². The van der Waals surface area contributed by atoms with Gasteiger partial charge in [0.25, 0.3) is 0 Å². The lowest BCUT2D eigenvalue weighted by Gasteiger charge is -2.25. The number of anilines is 1. The molecule has 0 amide bonds. The summed E-state index contributed by atoms with van der Waals surface area (Å²) in [5.41, 5.74) is 6.88. The monoisotopic (exact) mass is 300 g/mol. The van der Waals surface area contributed by atoms with Gasteiger partial charge in [0.15, 0.2) is 0 Å². The predicted octanol–water partition coefficient (Wildman–Crippen LogP) is 1.15. The SMILES string of the molecule is COC(=O)CN(C(C)C)S(=O)(=O)c1ccc(N)c(C)c1. The summed E-state index contributed by atoms with van der Waals surface area (Å²) in [4.78, 5) is 11.5. The number of benzene rings is 1. The molecule has 6 nitrogen and oxygen atoms in total. The quantitative estimate of drug-likeness (QED) is 0.651. The maximum absolute atomic E-state index is 12.6.